The number of halogens is 1. The highest BCUT2D eigenvalue weighted by atomic mass is 79.9. The van der Waals surface area contributed by atoms with Gasteiger partial charge in [-0.2, -0.15) is 15.8 Å². The molecular formula is C20H38BBr. The van der Waals surface area contributed by atoms with Gasteiger partial charge in [-0.05, 0) is 47.1 Å². The van der Waals surface area contributed by atoms with Crippen molar-refractivity contribution in [3.8, 4) is 0 Å². The lowest BCUT2D eigenvalue weighted by Gasteiger charge is -2.46. The van der Waals surface area contributed by atoms with Crippen LogP contribution in [-0.2, 0) is 0 Å². The number of hydrogen-bond acceptors (Lipinski definition) is 0. The van der Waals surface area contributed by atoms with Crippen LogP contribution < -0.4 is 0 Å². The first-order valence-electron chi connectivity index (χ1n) is 9.95. The molecule has 0 radical (unpaired) electrons. The SMILES string of the molecule is CC(C)[C@@H]1CC[C@@H](C)C[C@H]1B(Br)[C@@H]1C[C@H](C)CC[C@H]1C(C)C. The predicted octanol–water partition coefficient (Wildman–Crippen LogP) is 7.30. The van der Waals surface area contributed by atoms with Gasteiger partial charge >= 0.3 is 0 Å². The minimum absolute atomic E-state index is 0.748. The molecule has 22 heavy (non-hydrogen) atoms. The second kappa shape index (κ2) is 8.08. The molecule has 0 saturated heterocycles. The summed E-state index contributed by atoms with van der Waals surface area (Å²) >= 11 is 4.27. The Bertz CT molecular complexity index is 309. The molecule has 0 nitrogen and oxygen atoms in total. The smallest absolute Gasteiger partial charge is 0.156 e. The fraction of sp³-hybridized carbons (Fsp3) is 1.00. The first-order valence-corrected chi connectivity index (χ1v) is 10.9. The molecule has 2 fully saturated rings. The average Bonchev–Trinajstić information content (AvgIpc) is 2.45. The second-order valence-electron chi connectivity index (χ2n) is 9.42. The van der Waals surface area contributed by atoms with E-state index in [9.17, 15) is 0 Å². The van der Waals surface area contributed by atoms with Crippen molar-refractivity contribution in [3.05, 3.63) is 0 Å². The van der Waals surface area contributed by atoms with Crippen LogP contribution in [0.2, 0.25) is 11.6 Å². The molecule has 2 rings (SSSR count). The lowest BCUT2D eigenvalue weighted by atomic mass is 9.40. The van der Waals surface area contributed by atoms with Gasteiger partial charge in [0.25, 0.3) is 0 Å². The molecule has 0 bridgehead atoms. The van der Waals surface area contributed by atoms with E-state index >= 15 is 0 Å². The molecule has 0 aromatic carbocycles. The topological polar surface area (TPSA) is 0 Å². The van der Waals surface area contributed by atoms with Gasteiger partial charge in [-0.3, -0.25) is 0 Å². The summed E-state index contributed by atoms with van der Waals surface area (Å²) in [5.41, 5.74) is 0.748. The first kappa shape index (κ1) is 18.9. The summed E-state index contributed by atoms with van der Waals surface area (Å²) in [4.78, 5) is 0. The zero-order valence-electron chi connectivity index (χ0n) is 15.8. The average molecular weight is 369 g/mol. The van der Waals surface area contributed by atoms with Crippen molar-refractivity contribution >= 4 is 21.3 Å². The Morgan fingerprint density at radius 2 is 1.09 bits per heavy atom. The Kier molecular flexibility index (Phi) is 6.93. The molecule has 2 heteroatoms. The van der Waals surface area contributed by atoms with Crippen LogP contribution in [0.15, 0.2) is 0 Å². The third kappa shape index (κ3) is 4.34. The second-order valence-corrected chi connectivity index (χ2v) is 10.5. The molecule has 0 aromatic heterocycles. The van der Waals surface area contributed by atoms with Crippen molar-refractivity contribution in [1.82, 2.24) is 0 Å². The van der Waals surface area contributed by atoms with E-state index in [2.05, 4.69) is 57.3 Å². The van der Waals surface area contributed by atoms with Crippen molar-refractivity contribution in [1.29, 1.82) is 0 Å². The van der Waals surface area contributed by atoms with Gasteiger partial charge in [0.1, 0.15) is 0 Å². The lowest BCUT2D eigenvalue weighted by molar-refractivity contribution is 0.211. The maximum Gasteiger partial charge on any atom is 0.229 e. The molecule has 2 aliphatic rings. The Morgan fingerprint density at radius 3 is 1.41 bits per heavy atom. The van der Waals surface area contributed by atoms with Crippen LogP contribution in [0.25, 0.3) is 0 Å². The number of rotatable bonds is 4. The van der Waals surface area contributed by atoms with E-state index < -0.39 is 0 Å². The molecule has 0 unspecified atom stereocenters. The highest BCUT2D eigenvalue weighted by Gasteiger charge is 2.44. The molecule has 6 atom stereocenters. The van der Waals surface area contributed by atoms with Crippen LogP contribution in [0.5, 0.6) is 0 Å². The van der Waals surface area contributed by atoms with E-state index in [1.54, 1.807) is 0 Å². The summed E-state index contributed by atoms with van der Waals surface area (Å²) in [5.74, 6) is 7.22. The Balaban J connectivity index is 2.16. The molecular weight excluding hydrogens is 331 g/mol. The highest BCUT2D eigenvalue weighted by Crippen LogP contribution is 2.53. The number of hydrogen-bond donors (Lipinski definition) is 0. The van der Waals surface area contributed by atoms with Crippen LogP contribution in [0.4, 0.5) is 0 Å². The fourth-order valence-corrected chi connectivity index (χ4v) is 6.82. The molecule has 0 amide bonds. The summed E-state index contributed by atoms with van der Waals surface area (Å²) in [7, 11) is 0. The van der Waals surface area contributed by atoms with E-state index in [0.29, 0.717) is 0 Å². The van der Waals surface area contributed by atoms with Crippen LogP contribution in [0.3, 0.4) is 0 Å². The standard InChI is InChI=1S/C20H38BBr/c1-13(2)17-9-7-15(5)11-19(17)21(22)20-12-16(6)8-10-18(20)14(3)4/h13-20H,7-12H2,1-6H3/t15-,16-,17+,18+,19-,20-/m1/s1. The molecule has 0 heterocycles. The monoisotopic (exact) mass is 368 g/mol. The highest BCUT2D eigenvalue weighted by molar-refractivity contribution is 9.24. The van der Waals surface area contributed by atoms with Gasteiger partial charge in [-0.25, -0.2) is 0 Å². The van der Waals surface area contributed by atoms with Gasteiger partial charge in [0.05, 0.1) is 0 Å². The van der Waals surface area contributed by atoms with E-state index in [1.165, 1.54) is 38.5 Å². The van der Waals surface area contributed by atoms with Gasteiger partial charge in [-0.1, -0.05) is 80.1 Å². The molecule has 0 aliphatic heterocycles. The van der Waals surface area contributed by atoms with E-state index in [1.807, 2.05) is 0 Å². The summed E-state index contributed by atoms with van der Waals surface area (Å²) in [6.07, 6.45) is 8.73. The summed E-state index contributed by atoms with van der Waals surface area (Å²) in [6, 6.07) is 0. The van der Waals surface area contributed by atoms with Crippen molar-refractivity contribution in [3.63, 3.8) is 0 Å². The van der Waals surface area contributed by atoms with E-state index in [0.717, 1.165) is 52.7 Å². The normalized spacial score (nSPS) is 40.2. The van der Waals surface area contributed by atoms with E-state index in [-0.39, 0.29) is 0 Å². The minimum atomic E-state index is 0.748. The van der Waals surface area contributed by atoms with Gasteiger partial charge in [0, 0.05) is 0 Å². The largest absolute Gasteiger partial charge is 0.229 e. The van der Waals surface area contributed by atoms with Crippen molar-refractivity contribution in [2.75, 3.05) is 0 Å². The Morgan fingerprint density at radius 1 is 0.727 bits per heavy atom. The van der Waals surface area contributed by atoms with Crippen LogP contribution in [0.1, 0.15) is 80.1 Å². The molecule has 128 valence electrons. The van der Waals surface area contributed by atoms with Crippen molar-refractivity contribution < 1.29 is 0 Å². The Hall–Kier alpha value is 0.545. The van der Waals surface area contributed by atoms with Gasteiger partial charge in [0.2, 0.25) is 5.54 Å². The van der Waals surface area contributed by atoms with Gasteiger partial charge in [-0.15, -0.1) is 0 Å². The molecule has 2 aliphatic carbocycles. The van der Waals surface area contributed by atoms with Crippen LogP contribution in [0, 0.1) is 35.5 Å². The lowest BCUT2D eigenvalue weighted by Crippen LogP contribution is -2.39. The molecule has 0 N–H and O–H groups in total. The third-order valence-corrected chi connectivity index (χ3v) is 8.32. The Labute approximate surface area is 148 Å². The van der Waals surface area contributed by atoms with Crippen molar-refractivity contribution in [2.24, 2.45) is 35.5 Å². The van der Waals surface area contributed by atoms with Crippen LogP contribution in [-0.4, -0.2) is 5.54 Å². The van der Waals surface area contributed by atoms with Gasteiger partial charge in [0.15, 0.2) is 0 Å². The third-order valence-electron chi connectivity index (χ3n) is 6.97. The maximum absolute atomic E-state index is 4.27. The minimum Gasteiger partial charge on any atom is -0.156 e. The molecule has 0 aromatic rings. The maximum atomic E-state index is 4.27. The summed E-state index contributed by atoms with van der Waals surface area (Å²) in [5, 5.41) is 0. The summed E-state index contributed by atoms with van der Waals surface area (Å²) in [6.45, 7) is 14.8. The zero-order chi connectivity index (χ0) is 16.4. The van der Waals surface area contributed by atoms with Crippen molar-refractivity contribution in [2.45, 2.75) is 91.7 Å². The van der Waals surface area contributed by atoms with Gasteiger partial charge < -0.3 is 0 Å². The quantitative estimate of drug-likeness (QED) is 0.456. The molecule has 2 saturated carbocycles. The van der Waals surface area contributed by atoms with E-state index in [4.69, 9.17) is 0 Å². The fourth-order valence-electron chi connectivity index (χ4n) is 5.60. The predicted molar refractivity (Wildman–Crippen MR) is 105 cm³/mol. The summed E-state index contributed by atoms with van der Waals surface area (Å²) < 4.78 is 0. The first-order chi connectivity index (χ1) is 10.3. The zero-order valence-corrected chi connectivity index (χ0v) is 17.4. The van der Waals surface area contributed by atoms with Crippen LogP contribution >= 0.6 is 15.8 Å². The molecule has 0 spiro atoms.